The number of fused-ring (bicyclic) bond motifs is 1. The average molecular weight is 676 g/mol. The zero-order valence-corrected chi connectivity index (χ0v) is 27.6. The van der Waals surface area contributed by atoms with E-state index in [9.17, 15) is 28.0 Å². The summed E-state index contributed by atoms with van der Waals surface area (Å²) < 4.78 is 48.5. The first-order valence-corrected chi connectivity index (χ1v) is 15.8. The first kappa shape index (κ1) is 34.2. The lowest BCUT2D eigenvalue weighted by Gasteiger charge is -2.45. The number of benzene rings is 1. The number of carbonyl (C=O) groups is 1. The maximum atomic E-state index is 14.1. The first-order chi connectivity index (χ1) is 22.2. The Morgan fingerprint density at radius 3 is 2.43 bits per heavy atom. The third kappa shape index (κ3) is 6.94. The molecule has 252 valence electrons. The van der Waals surface area contributed by atoms with Gasteiger partial charge in [-0.25, -0.2) is 9.78 Å². The molecule has 1 aromatic carbocycles. The van der Waals surface area contributed by atoms with Crippen molar-refractivity contribution in [3.05, 3.63) is 45.3 Å². The molecule has 2 aromatic heterocycles. The fraction of sp³-hybridized carbons (Fsp3) is 0.548. The number of aromatic nitrogens is 4. The topological polar surface area (TPSA) is 124 Å². The molecule has 0 radical (unpaired) electrons. The second-order valence-corrected chi connectivity index (χ2v) is 12.9. The van der Waals surface area contributed by atoms with Crippen LogP contribution in [0.15, 0.2) is 29.2 Å². The average Bonchev–Trinajstić information content (AvgIpc) is 2.97. The van der Waals surface area contributed by atoms with Crippen molar-refractivity contribution in [1.82, 2.24) is 29.5 Å². The number of anilines is 2. The Hall–Kier alpha value is -4.16. The molecule has 1 unspecified atom stereocenters. The molecule has 0 spiro atoms. The van der Waals surface area contributed by atoms with Crippen LogP contribution in [0.25, 0.3) is 16.6 Å². The Morgan fingerprint density at radius 2 is 1.81 bits per heavy atom. The molecule has 0 aliphatic carbocycles. The quantitative estimate of drug-likeness (QED) is 0.348. The normalized spacial score (nSPS) is 17.6. The van der Waals surface area contributed by atoms with Crippen LogP contribution < -0.4 is 15.4 Å². The lowest BCUT2D eigenvalue weighted by Crippen LogP contribution is -2.60. The fourth-order valence-electron chi connectivity index (χ4n) is 6.00. The molecule has 0 N–H and O–H groups in total. The van der Waals surface area contributed by atoms with Gasteiger partial charge in [-0.3, -0.25) is 9.69 Å². The minimum Gasteiger partial charge on any atom is -0.444 e. The van der Waals surface area contributed by atoms with Gasteiger partial charge in [-0.05, 0) is 46.0 Å². The van der Waals surface area contributed by atoms with Crippen molar-refractivity contribution >= 4 is 40.4 Å². The Kier molecular flexibility index (Phi) is 9.57. The Bertz CT molecular complexity index is 1740. The van der Waals surface area contributed by atoms with Crippen LogP contribution in [0, 0.1) is 11.3 Å². The van der Waals surface area contributed by atoms with Gasteiger partial charge < -0.3 is 19.4 Å². The molecule has 5 rings (SSSR count). The highest BCUT2D eigenvalue weighted by atomic mass is 35.5. The van der Waals surface area contributed by atoms with Crippen molar-refractivity contribution in [1.29, 1.82) is 5.26 Å². The summed E-state index contributed by atoms with van der Waals surface area (Å²) in [5.74, 6) is 0.584. The third-order valence-electron chi connectivity index (χ3n) is 8.33. The number of piperazine rings is 1. The molecule has 12 nitrogen and oxygen atoms in total. The summed E-state index contributed by atoms with van der Waals surface area (Å²) in [6, 6.07) is 5.38. The van der Waals surface area contributed by atoms with Crippen LogP contribution in [0.4, 0.5) is 29.7 Å². The molecule has 47 heavy (non-hydrogen) atoms. The summed E-state index contributed by atoms with van der Waals surface area (Å²) in [6.07, 6.45) is -4.11. The van der Waals surface area contributed by atoms with Gasteiger partial charge in [0.15, 0.2) is 0 Å². The minimum absolute atomic E-state index is 0.0172. The van der Waals surface area contributed by atoms with Gasteiger partial charge in [0.05, 0.1) is 46.4 Å². The van der Waals surface area contributed by atoms with Gasteiger partial charge in [0.2, 0.25) is 5.95 Å². The van der Waals surface area contributed by atoms with Crippen LogP contribution >= 0.6 is 11.6 Å². The summed E-state index contributed by atoms with van der Waals surface area (Å²) in [5.41, 5.74) is -3.44. The van der Waals surface area contributed by atoms with Crippen LogP contribution in [0.3, 0.4) is 0 Å². The molecular formula is C31H37ClF3N9O3. The van der Waals surface area contributed by atoms with E-state index in [1.54, 1.807) is 20.8 Å². The van der Waals surface area contributed by atoms with E-state index in [0.29, 0.717) is 23.6 Å². The number of ether oxygens (including phenoxy) is 1. The van der Waals surface area contributed by atoms with E-state index in [1.807, 2.05) is 9.80 Å². The van der Waals surface area contributed by atoms with E-state index in [4.69, 9.17) is 21.3 Å². The number of halogens is 4. The van der Waals surface area contributed by atoms with Crippen molar-refractivity contribution in [2.75, 3.05) is 55.6 Å². The second-order valence-electron chi connectivity index (χ2n) is 12.5. The number of hydrogen-bond acceptors (Lipinski definition) is 10. The van der Waals surface area contributed by atoms with Gasteiger partial charge >= 0.3 is 12.3 Å². The van der Waals surface area contributed by atoms with E-state index in [1.165, 1.54) is 17.2 Å². The van der Waals surface area contributed by atoms with E-state index in [-0.39, 0.29) is 48.9 Å². The molecule has 2 saturated heterocycles. The van der Waals surface area contributed by atoms with Crippen molar-refractivity contribution in [3.8, 4) is 11.8 Å². The van der Waals surface area contributed by atoms with Crippen molar-refractivity contribution in [2.24, 2.45) is 0 Å². The van der Waals surface area contributed by atoms with Gasteiger partial charge in [-0.15, -0.1) is 0 Å². The molecule has 1 atom stereocenters. The van der Waals surface area contributed by atoms with E-state index >= 15 is 0 Å². The number of nitrogens with zero attached hydrogens (tertiary/aromatic N) is 9. The summed E-state index contributed by atoms with van der Waals surface area (Å²) >= 11 is 5.96. The summed E-state index contributed by atoms with van der Waals surface area (Å²) in [5, 5.41) is 13.4. The van der Waals surface area contributed by atoms with Crippen molar-refractivity contribution in [3.63, 3.8) is 0 Å². The molecule has 4 heterocycles. The van der Waals surface area contributed by atoms with Crippen LogP contribution in [0.5, 0.6) is 0 Å². The largest absolute Gasteiger partial charge is 0.444 e. The zero-order valence-electron chi connectivity index (χ0n) is 26.9. The zero-order chi connectivity index (χ0) is 34.3. The van der Waals surface area contributed by atoms with Crippen LogP contribution in [-0.4, -0.2) is 99.1 Å². The van der Waals surface area contributed by atoms with Gasteiger partial charge in [0.25, 0.3) is 5.56 Å². The molecular weight excluding hydrogens is 639 g/mol. The maximum Gasteiger partial charge on any atom is 0.419 e. The molecule has 1 amide bonds. The van der Waals surface area contributed by atoms with E-state index < -0.39 is 45.7 Å². The highest BCUT2D eigenvalue weighted by Gasteiger charge is 2.39. The highest BCUT2D eigenvalue weighted by Crippen LogP contribution is 2.38. The molecule has 2 aliphatic heterocycles. The summed E-state index contributed by atoms with van der Waals surface area (Å²) in [7, 11) is 0. The highest BCUT2D eigenvalue weighted by molar-refractivity contribution is 6.31. The molecule has 0 saturated carbocycles. The van der Waals surface area contributed by atoms with Gasteiger partial charge in [0, 0.05) is 38.8 Å². The standard InChI is InChI=1S/C31H37ClF3N9O3/c1-6-40(7-2)20-17-42(18-20)28-38-25-21(15-37-44(27(25)45)23-10-8-9-22(32)24(23)31(33,34)35)26(39-28)41-13-14-43(19(16-41)11-12-36)29(46)47-30(3,4)5/h8-10,15,19-20H,6-7,11,13-14,16-18H2,1-5H3. The number of nitriles is 1. The lowest BCUT2D eigenvalue weighted by atomic mass is 10.1. The summed E-state index contributed by atoms with van der Waals surface area (Å²) in [6.45, 7) is 13.0. The number of amides is 1. The molecule has 2 aliphatic rings. The number of alkyl halides is 3. The smallest absolute Gasteiger partial charge is 0.419 e. The molecule has 0 bridgehead atoms. The van der Waals surface area contributed by atoms with Gasteiger partial charge in [-0.2, -0.15) is 33.2 Å². The van der Waals surface area contributed by atoms with Gasteiger partial charge in [0.1, 0.15) is 16.9 Å². The SMILES string of the molecule is CCN(CC)C1CN(c2nc(N3CCN(C(=O)OC(C)(C)C)C(CC#N)C3)c3cnn(-c4cccc(Cl)c4C(F)(F)F)c(=O)c3n2)C1. The van der Waals surface area contributed by atoms with Crippen LogP contribution in [0.1, 0.15) is 46.6 Å². The second kappa shape index (κ2) is 13.2. The van der Waals surface area contributed by atoms with Crippen molar-refractivity contribution < 1.29 is 22.7 Å². The molecule has 3 aromatic rings. The third-order valence-corrected chi connectivity index (χ3v) is 8.64. The number of hydrogen-bond donors (Lipinski definition) is 0. The Labute approximate surface area is 275 Å². The Morgan fingerprint density at radius 1 is 1.11 bits per heavy atom. The molecule has 16 heteroatoms. The fourth-order valence-corrected chi connectivity index (χ4v) is 6.28. The Balaban J connectivity index is 1.61. The van der Waals surface area contributed by atoms with E-state index in [2.05, 4.69) is 34.9 Å². The number of rotatable bonds is 7. The molecule has 2 fully saturated rings. The number of carbonyl (C=O) groups excluding carboxylic acids is 1. The number of likely N-dealkylation sites (N-methyl/N-ethyl adjacent to an activating group) is 1. The van der Waals surface area contributed by atoms with Crippen molar-refractivity contribution in [2.45, 2.75) is 64.9 Å². The maximum absolute atomic E-state index is 14.1. The van der Waals surface area contributed by atoms with Gasteiger partial charge in [-0.1, -0.05) is 31.5 Å². The van der Waals surface area contributed by atoms with E-state index in [0.717, 1.165) is 25.2 Å². The monoisotopic (exact) mass is 675 g/mol. The lowest BCUT2D eigenvalue weighted by molar-refractivity contribution is -0.137. The first-order valence-electron chi connectivity index (χ1n) is 15.4. The predicted octanol–water partition coefficient (Wildman–Crippen LogP) is 4.72. The summed E-state index contributed by atoms with van der Waals surface area (Å²) in [4.78, 5) is 44.0. The van der Waals surface area contributed by atoms with Crippen LogP contribution in [0.2, 0.25) is 5.02 Å². The van der Waals surface area contributed by atoms with Crippen LogP contribution in [-0.2, 0) is 10.9 Å². The predicted molar refractivity (Wildman–Crippen MR) is 171 cm³/mol. The minimum atomic E-state index is -4.85.